The highest BCUT2D eigenvalue weighted by molar-refractivity contribution is 6.35. The van der Waals surface area contributed by atoms with Crippen LogP contribution in [0.1, 0.15) is 17.2 Å². The van der Waals surface area contributed by atoms with Crippen LogP contribution in [0.15, 0.2) is 42.5 Å². The molecule has 0 spiro atoms. The number of benzene rings is 2. The number of para-hydroxylation sites is 1. The maximum atomic E-state index is 6.21. The molecular formula is C18H19Cl2NO2. The van der Waals surface area contributed by atoms with E-state index < -0.39 is 0 Å². The molecule has 23 heavy (non-hydrogen) atoms. The second-order valence-corrected chi connectivity index (χ2v) is 6.46. The number of morpholine rings is 1. The predicted octanol–water partition coefficient (Wildman–Crippen LogP) is 4.58. The Morgan fingerprint density at radius 2 is 1.87 bits per heavy atom. The molecule has 0 aromatic heterocycles. The summed E-state index contributed by atoms with van der Waals surface area (Å²) in [4.78, 5) is 2.26. The van der Waals surface area contributed by atoms with Crippen molar-refractivity contribution in [1.29, 1.82) is 0 Å². The maximum absolute atomic E-state index is 6.21. The van der Waals surface area contributed by atoms with Crippen molar-refractivity contribution in [1.82, 2.24) is 4.90 Å². The van der Waals surface area contributed by atoms with Crippen molar-refractivity contribution in [2.24, 2.45) is 0 Å². The van der Waals surface area contributed by atoms with Crippen molar-refractivity contribution in [3.05, 3.63) is 63.6 Å². The van der Waals surface area contributed by atoms with Gasteiger partial charge in [0.25, 0.3) is 0 Å². The zero-order valence-corrected chi connectivity index (χ0v) is 14.5. The van der Waals surface area contributed by atoms with Crippen molar-refractivity contribution in [2.75, 3.05) is 26.7 Å². The molecule has 1 heterocycles. The van der Waals surface area contributed by atoms with Crippen LogP contribution >= 0.6 is 23.2 Å². The van der Waals surface area contributed by atoms with Crippen molar-refractivity contribution >= 4 is 23.2 Å². The lowest BCUT2D eigenvalue weighted by atomic mass is 10.1. The van der Waals surface area contributed by atoms with Crippen LogP contribution in [0.2, 0.25) is 10.0 Å². The van der Waals surface area contributed by atoms with Crippen LogP contribution in [0.5, 0.6) is 5.75 Å². The van der Waals surface area contributed by atoms with Gasteiger partial charge in [0.15, 0.2) is 0 Å². The van der Waals surface area contributed by atoms with Crippen molar-refractivity contribution in [2.45, 2.75) is 12.7 Å². The Balaban J connectivity index is 1.78. The fourth-order valence-electron chi connectivity index (χ4n) is 2.66. The maximum Gasteiger partial charge on any atom is 0.125 e. The Morgan fingerprint density at radius 1 is 1.13 bits per heavy atom. The summed E-state index contributed by atoms with van der Waals surface area (Å²) in [5.41, 5.74) is 1.86. The van der Waals surface area contributed by atoms with Crippen LogP contribution in [-0.2, 0) is 11.3 Å². The lowest BCUT2D eigenvalue weighted by Gasteiger charge is -2.31. The molecule has 0 amide bonds. The van der Waals surface area contributed by atoms with Gasteiger partial charge in [-0.05, 0) is 25.2 Å². The Morgan fingerprint density at radius 3 is 2.61 bits per heavy atom. The van der Waals surface area contributed by atoms with Gasteiger partial charge in [-0.1, -0.05) is 47.5 Å². The number of halogens is 2. The molecule has 5 heteroatoms. The lowest BCUT2D eigenvalue weighted by molar-refractivity contribution is -0.0222. The van der Waals surface area contributed by atoms with Gasteiger partial charge in [-0.3, -0.25) is 0 Å². The van der Waals surface area contributed by atoms with E-state index in [1.54, 1.807) is 0 Å². The smallest absolute Gasteiger partial charge is 0.125 e. The largest absolute Gasteiger partial charge is 0.488 e. The summed E-state index contributed by atoms with van der Waals surface area (Å²) >= 11 is 12.4. The lowest BCUT2D eigenvalue weighted by Crippen LogP contribution is -2.35. The Labute approximate surface area is 146 Å². The van der Waals surface area contributed by atoms with E-state index in [1.165, 1.54) is 0 Å². The van der Waals surface area contributed by atoms with Crippen molar-refractivity contribution in [3.63, 3.8) is 0 Å². The minimum Gasteiger partial charge on any atom is -0.488 e. The zero-order valence-electron chi connectivity index (χ0n) is 13.0. The standard InChI is InChI=1S/C18H19Cl2NO2/c1-21-9-10-22-18(11-21)13-5-2-3-8-17(13)23-12-14-15(19)6-4-7-16(14)20/h2-8,18H,9-12H2,1H3. The van der Waals surface area contributed by atoms with Gasteiger partial charge in [-0.25, -0.2) is 0 Å². The number of hydrogen-bond donors (Lipinski definition) is 0. The van der Waals surface area contributed by atoms with Crippen LogP contribution in [0.3, 0.4) is 0 Å². The third-order valence-electron chi connectivity index (χ3n) is 3.97. The second kappa shape index (κ2) is 7.54. The zero-order chi connectivity index (χ0) is 16.2. The number of rotatable bonds is 4. The quantitative estimate of drug-likeness (QED) is 0.804. The number of nitrogens with zero attached hydrogens (tertiary/aromatic N) is 1. The van der Waals surface area contributed by atoms with Crippen LogP contribution in [0, 0.1) is 0 Å². The van der Waals surface area contributed by atoms with E-state index in [-0.39, 0.29) is 6.10 Å². The normalized spacial score (nSPS) is 18.8. The molecule has 1 aliphatic heterocycles. The van der Waals surface area contributed by atoms with E-state index >= 15 is 0 Å². The van der Waals surface area contributed by atoms with Gasteiger partial charge in [0.2, 0.25) is 0 Å². The molecule has 3 rings (SSSR count). The van der Waals surface area contributed by atoms with E-state index in [0.29, 0.717) is 16.7 Å². The summed E-state index contributed by atoms with van der Waals surface area (Å²) in [6.45, 7) is 2.87. The average molecular weight is 352 g/mol. The molecule has 2 aromatic rings. The molecule has 0 bridgehead atoms. The van der Waals surface area contributed by atoms with Crippen LogP contribution in [0.4, 0.5) is 0 Å². The average Bonchev–Trinajstić information content (AvgIpc) is 2.55. The van der Waals surface area contributed by atoms with Gasteiger partial charge >= 0.3 is 0 Å². The first-order valence-electron chi connectivity index (χ1n) is 7.60. The summed E-state index contributed by atoms with van der Waals surface area (Å²) in [7, 11) is 2.10. The summed E-state index contributed by atoms with van der Waals surface area (Å²) in [5.74, 6) is 0.809. The van der Waals surface area contributed by atoms with E-state index in [0.717, 1.165) is 36.6 Å². The van der Waals surface area contributed by atoms with Gasteiger partial charge in [-0.2, -0.15) is 0 Å². The molecule has 1 fully saturated rings. The highest BCUT2D eigenvalue weighted by Gasteiger charge is 2.22. The molecule has 1 unspecified atom stereocenters. The number of likely N-dealkylation sites (N-methyl/N-ethyl adjacent to an activating group) is 1. The molecule has 1 saturated heterocycles. The molecule has 122 valence electrons. The minimum atomic E-state index is 0.0201. The van der Waals surface area contributed by atoms with Crippen molar-refractivity contribution < 1.29 is 9.47 Å². The molecule has 0 saturated carbocycles. The molecular weight excluding hydrogens is 333 g/mol. The van der Waals surface area contributed by atoms with Gasteiger partial charge in [0.05, 0.1) is 12.7 Å². The van der Waals surface area contributed by atoms with Crippen LogP contribution in [-0.4, -0.2) is 31.6 Å². The second-order valence-electron chi connectivity index (χ2n) is 5.65. The third-order valence-corrected chi connectivity index (χ3v) is 4.68. The molecule has 1 atom stereocenters. The highest BCUT2D eigenvalue weighted by Crippen LogP contribution is 2.32. The summed E-state index contributed by atoms with van der Waals surface area (Å²) in [6.07, 6.45) is 0.0201. The summed E-state index contributed by atoms with van der Waals surface area (Å²) in [6, 6.07) is 13.4. The van der Waals surface area contributed by atoms with Crippen LogP contribution in [0.25, 0.3) is 0 Å². The Hall–Kier alpha value is -1.26. The molecule has 0 aliphatic carbocycles. The Kier molecular flexibility index (Phi) is 5.44. The van der Waals surface area contributed by atoms with E-state index in [9.17, 15) is 0 Å². The topological polar surface area (TPSA) is 21.7 Å². The van der Waals surface area contributed by atoms with Gasteiger partial charge in [0.1, 0.15) is 12.4 Å². The van der Waals surface area contributed by atoms with Gasteiger partial charge < -0.3 is 14.4 Å². The molecule has 0 N–H and O–H groups in total. The van der Waals surface area contributed by atoms with Crippen LogP contribution < -0.4 is 4.74 Å². The number of ether oxygens (including phenoxy) is 2. The Bertz CT molecular complexity index is 658. The first kappa shape index (κ1) is 16.6. The fraction of sp³-hybridized carbons (Fsp3) is 0.333. The molecule has 1 aliphatic rings. The van der Waals surface area contributed by atoms with Gasteiger partial charge in [0, 0.05) is 34.3 Å². The summed E-state index contributed by atoms with van der Waals surface area (Å²) in [5, 5.41) is 1.23. The molecule has 0 radical (unpaired) electrons. The minimum absolute atomic E-state index is 0.0201. The first-order chi connectivity index (χ1) is 11.1. The first-order valence-corrected chi connectivity index (χ1v) is 8.35. The van der Waals surface area contributed by atoms with Crippen molar-refractivity contribution in [3.8, 4) is 5.75 Å². The fourth-order valence-corrected chi connectivity index (χ4v) is 3.17. The highest BCUT2D eigenvalue weighted by atomic mass is 35.5. The third kappa shape index (κ3) is 3.99. The SMILES string of the molecule is CN1CCOC(c2ccccc2OCc2c(Cl)cccc2Cl)C1. The molecule has 3 nitrogen and oxygen atoms in total. The monoisotopic (exact) mass is 351 g/mol. The summed E-state index contributed by atoms with van der Waals surface area (Å²) < 4.78 is 11.9. The van der Waals surface area contributed by atoms with E-state index in [1.807, 2.05) is 42.5 Å². The van der Waals surface area contributed by atoms with E-state index in [2.05, 4.69) is 11.9 Å². The van der Waals surface area contributed by atoms with E-state index in [4.69, 9.17) is 32.7 Å². The number of hydrogen-bond acceptors (Lipinski definition) is 3. The van der Waals surface area contributed by atoms with Gasteiger partial charge in [-0.15, -0.1) is 0 Å². The predicted molar refractivity (Wildman–Crippen MR) is 93.4 cm³/mol. The molecule has 2 aromatic carbocycles.